The summed E-state index contributed by atoms with van der Waals surface area (Å²) >= 11 is 0. The van der Waals surface area contributed by atoms with Gasteiger partial charge in [-0.3, -0.25) is 4.79 Å². The van der Waals surface area contributed by atoms with Crippen LogP contribution in [-0.2, 0) is 6.42 Å². The molecule has 1 aliphatic heterocycles. The molecule has 0 fully saturated rings. The number of primary amides is 1. The standard InChI is InChI=1S/C14H16N4O2/c1-7-4-8(10-11(13(15)19)17-18-16-10)5-9-6-14(2,3)20-12(7)9/h4-5H,6H2,1-3H3,(H2,15,19)(H,16,17,18). The fourth-order valence-corrected chi connectivity index (χ4v) is 2.64. The lowest BCUT2D eigenvalue weighted by molar-refractivity contribution is 0.0996. The van der Waals surface area contributed by atoms with E-state index in [4.69, 9.17) is 10.5 Å². The SMILES string of the molecule is Cc1cc(-c2n[nH]nc2C(N)=O)cc2c1OC(C)(C)C2. The number of carbonyl (C=O) groups excluding carboxylic acids is 1. The summed E-state index contributed by atoms with van der Waals surface area (Å²) in [5.74, 6) is 0.325. The molecule has 0 bridgehead atoms. The Morgan fingerprint density at radius 1 is 1.40 bits per heavy atom. The highest BCUT2D eigenvalue weighted by molar-refractivity contribution is 5.96. The molecule has 104 valence electrons. The van der Waals surface area contributed by atoms with Crippen LogP contribution in [0.2, 0.25) is 0 Å². The predicted molar refractivity (Wildman–Crippen MR) is 73.5 cm³/mol. The molecule has 2 heterocycles. The minimum atomic E-state index is -0.594. The van der Waals surface area contributed by atoms with Crippen molar-refractivity contribution >= 4 is 5.91 Å². The van der Waals surface area contributed by atoms with Gasteiger partial charge in [0.15, 0.2) is 5.69 Å². The molecule has 0 spiro atoms. The normalized spacial score (nSPS) is 15.8. The van der Waals surface area contributed by atoms with Gasteiger partial charge in [0.25, 0.3) is 5.91 Å². The van der Waals surface area contributed by atoms with Crippen molar-refractivity contribution in [1.29, 1.82) is 0 Å². The van der Waals surface area contributed by atoms with Crippen molar-refractivity contribution in [1.82, 2.24) is 15.4 Å². The highest BCUT2D eigenvalue weighted by Crippen LogP contribution is 2.40. The van der Waals surface area contributed by atoms with E-state index in [1.165, 1.54) is 0 Å². The summed E-state index contributed by atoms with van der Waals surface area (Å²) < 4.78 is 5.94. The van der Waals surface area contributed by atoms with Crippen LogP contribution in [0.15, 0.2) is 12.1 Å². The van der Waals surface area contributed by atoms with E-state index in [0.717, 1.165) is 28.9 Å². The predicted octanol–water partition coefficient (Wildman–Crippen LogP) is 1.59. The Balaban J connectivity index is 2.12. The van der Waals surface area contributed by atoms with Crippen LogP contribution in [-0.4, -0.2) is 26.9 Å². The molecule has 0 atom stereocenters. The van der Waals surface area contributed by atoms with E-state index in [9.17, 15) is 4.79 Å². The van der Waals surface area contributed by atoms with Gasteiger partial charge in [-0.25, -0.2) is 0 Å². The maximum absolute atomic E-state index is 11.4. The number of carbonyl (C=O) groups is 1. The Morgan fingerprint density at radius 2 is 2.15 bits per heavy atom. The summed E-state index contributed by atoms with van der Waals surface area (Å²) in [4.78, 5) is 11.4. The number of nitrogens with two attached hydrogens (primary N) is 1. The zero-order valence-electron chi connectivity index (χ0n) is 11.7. The highest BCUT2D eigenvalue weighted by atomic mass is 16.5. The van der Waals surface area contributed by atoms with Gasteiger partial charge < -0.3 is 10.5 Å². The van der Waals surface area contributed by atoms with Gasteiger partial charge in [0.05, 0.1) is 0 Å². The van der Waals surface area contributed by atoms with Crippen LogP contribution in [0, 0.1) is 6.92 Å². The minimum Gasteiger partial charge on any atom is -0.487 e. The van der Waals surface area contributed by atoms with Gasteiger partial charge in [-0.05, 0) is 44.0 Å². The molecule has 3 rings (SSSR count). The molecule has 6 nitrogen and oxygen atoms in total. The number of rotatable bonds is 2. The second-order valence-electron chi connectivity index (χ2n) is 5.70. The molecule has 3 N–H and O–H groups in total. The van der Waals surface area contributed by atoms with E-state index in [1.54, 1.807) is 0 Å². The number of aromatic nitrogens is 3. The average molecular weight is 272 g/mol. The maximum Gasteiger partial charge on any atom is 0.271 e. The van der Waals surface area contributed by atoms with Crippen molar-refractivity contribution in [3.8, 4) is 17.0 Å². The number of H-pyrrole nitrogens is 1. The Kier molecular flexibility index (Phi) is 2.57. The summed E-state index contributed by atoms with van der Waals surface area (Å²) in [5.41, 5.74) is 8.69. The van der Waals surface area contributed by atoms with Crippen molar-refractivity contribution in [3.63, 3.8) is 0 Å². The monoisotopic (exact) mass is 272 g/mol. The smallest absolute Gasteiger partial charge is 0.271 e. The molecule has 0 saturated carbocycles. The van der Waals surface area contributed by atoms with Crippen molar-refractivity contribution in [3.05, 3.63) is 29.0 Å². The highest BCUT2D eigenvalue weighted by Gasteiger charge is 2.32. The molecule has 1 aromatic carbocycles. The van der Waals surface area contributed by atoms with Crippen LogP contribution in [0.3, 0.4) is 0 Å². The topological polar surface area (TPSA) is 93.9 Å². The third-order valence-corrected chi connectivity index (χ3v) is 3.40. The van der Waals surface area contributed by atoms with Crippen molar-refractivity contribution in [2.24, 2.45) is 5.73 Å². The van der Waals surface area contributed by atoms with E-state index in [0.29, 0.717) is 5.69 Å². The fourth-order valence-electron chi connectivity index (χ4n) is 2.64. The lowest BCUT2D eigenvalue weighted by Crippen LogP contribution is -2.24. The van der Waals surface area contributed by atoms with E-state index in [1.807, 2.05) is 19.1 Å². The van der Waals surface area contributed by atoms with Gasteiger partial charge in [0, 0.05) is 12.0 Å². The number of hydrogen-bond acceptors (Lipinski definition) is 4. The van der Waals surface area contributed by atoms with Crippen molar-refractivity contribution in [2.45, 2.75) is 32.8 Å². The summed E-state index contributed by atoms with van der Waals surface area (Å²) in [5, 5.41) is 10.3. The van der Waals surface area contributed by atoms with E-state index >= 15 is 0 Å². The number of ether oxygens (including phenoxy) is 1. The van der Waals surface area contributed by atoms with E-state index < -0.39 is 5.91 Å². The fraction of sp³-hybridized carbons (Fsp3) is 0.357. The second kappa shape index (κ2) is 4.06. The number of aromatic amines is 1. The van der Waals surface area contributed by atoms with E-state index in [2.05, 4.69) is 29.3 Å². The molecule has 1 amide bonds. The molecular formula is C14H16N4O2. The molecular weight excluding hydrogens is 256 g/mol. The van der Waals surface area contributed by atoms with Crippen molar-refractivity contribution in [2.75, 3.05) is 0 Å². The summed E-state index contributed by atoms with van der Waals surface area (Å²) in [7, 11) is 0. The first-order chi connectivity index (χ1) is 9.37. The first kappa shape index (κ1) is 12.7. The van der Waals surface area contributed by atoms with Gasteiger partial charge in [-0.2, -0.15) is 15.4 Å². The second-order valence-corrected chi connectivity index (χ2v) is 5.70. The van der Waals surface area contributed by atoms with Crippen LogP contribution in [0.1, 0.15) is 35.5 Å². The molecule has 6 heteroatoms. The van der Waals surface area contributed by atoms with Crippen LogP contribution in [0.5, 0.6) is 5.75 Å². The number of hydrogen-bond donors (Lipinski definition) is 2. The van der Waals surface area contributed by atoms with Crippen LogP contribution >= 0.6 is 0 Å². The first-order valence-corrected chi connectivity index (χ1v) is 6.41. The number of nitrogens with zero attached hydrogens (tertiary/aromatic N) is 2. The molecule has 2 aromatic rings. The van der Waals surface area contributed by atoms with Crippen LogP contribution in [0.25, 0.3) is 11.3 Å². The minimum absolute atomic E-state index is 0.155. The Bertz CT molecular complexity index is 703. The van der Waals surface area contributed by atoms with Gasteiger partial charge in [-0.1, -0.05) is 0 Å². The summed E-state index contributed by atoms with van der Waals surface area (Å²) in [6.45, 7) is 6.09. The Labute approximate surface area is 116 Å². The number of aryl methyl sites for hydroxylation is 1. The average Bonchev–Trinajstić information content (AvgIpc) is 2.91. The molecule has 0 saturated heterocycles. The Hall–Kier alpha value is -2.37. The lowest BCUT2D eigenvalue weighted by Gasteiger charge is -2.17. The molecule has 0 unspecified atom stereocenters. The lowest BCUT2D eigenvalue weighted by atomic mass is 9.97. The Morgan fingerprint density at radius 3 is 2.85 bits per heavy atom. The van der Waals surface area contributed by atoms with Crippen molar-refractivity contribution < 1.29 is 9.53 Å². The van der Waals surface area contributed by atoms with Gasteiger partial charge >= 0.3 is 0 Å². The summed E-state index contributed by atoms with van der Waals surface area (Å²) in [6, 6.07) is 3.92. The van der Waals surface area contributed by atoms with Gasteiger partial charge in [-0.15, -0.1) is 0 Å². The molecule has 0 radical (unpaired) electrons. The largest absolute Gasteiger partial charge is 0.487 e. The van der Waals surface area contributed by atoms with Gasteiger partial charge in [0.2, 0.25) is 0 Å². The first-order valence-electron chi connectivity index (χ1n) is 6.41. The third-order valence-electron chi connectivity index (χ3n) is 3.40. The number of nitrogens with one attached hydrogen (secondary N) is 1. The third kappa shape index (κ3) is 1.93. The molecule has 0 aliphatic carbocycles. The molecule has 20 heavy (non-hydrogen) atoms. The van der Waals surface area contributed by atoms with Crippen LogP contribution in [0.4, 0.5) is 0 Å². The summed E-state index contributed by atoms with van der Waals surface area (Å²) in [6.07, 6.45) is 0.820. The zero-order chi connectivity index (χ0) is 14.5. The molecule has 1 aromatic heterocycles. The van der Waals surface area contributed by atoms with Gasteiger partial charge in [0.1, 0.15) is 17.0 Å². The zero-order valence-corrected chi connectivity index (χ0v) is 11.7. The van der Waals surface area contributed by atoms with E-state index in [-0.39, 0.29) is 11.3 Å². The quantitative estimate of drug-likeness (QED) is 0.868. The maximum atomic E-state index is 11.4. The number of benzene rings is 1. The van der Waals surface area contributed by atoms with Crippen LogP contribution < -0.4 is 10.5 Å². The number of fused-ring (bicyclic) bond motifs is 1. The number of amides is 1. The molecule has 1 aliphatic rings.